The number of halogens is 2. The summed E-state index contributed by atoms with van der Waals surface area (Å²) in [5.74, 6) is 1.41. The number of hydrogen-bond donors (Lipinski definition) is 0. The molecule has 0 amide bonds. The molecule has 0 aliphatic rings. The SMILES string of the molecule is ClCC[C@H](Oc1ccccc1)c1ccc(Cl)cc1. The van der Waals surface area contributed by atoms with Gasteiger partial charge in [-0.3, -0.25) is 0 Å². The van der Waals surface area contributed by atoms with Crippen LogP contribution in [0.1, 0.15) is 18.1 Å². The van der Waals surface area contributed by atoms with Crippen LogP contribution in [0, 0.1) is 0 Å². The molecule has 0 heterocycles. The maximum Gasteiger partial charge on any atom is 0.125 e. The van der Waals surface area contributed by atoms with Crippen molar-refractivity contribution in [2.75, 3.05) is 5.88 Å². The maximum absolute atomic E-state index is 5.95. The average molecular weight is 281 g/mol. The summed E-state index contributed by atoms with van der Waals surface area (Å²) in [6.07, 6.45) is 0.722. The first-order chi connectivity index (χ1) is 8.79. The lowest BCUT2D eigenvalue weighted by Crippen LogP contribution is -2.08. The van der Waals surface area contributed by atoms with E-state index in [1.807, 2.05) is 54.6 Å². The predicted octanol–water partition coefficient (Wildman–Crippen LogP) is 5.09. The molecule has 94 valence electrons. The number of alkyl halides is 1. The normalized spacial score (nSPS) is 12.1. The van der Waals surface area contributed by atoms with E-state index >= 15 is 0 Å². The molecule has 0 aliphatic heterocycles. The molecule has 0 fully saturated rings. The van der Waals surface area contributed by atoms with Crippen molar-refractivity contribution >= 4 is 23.2 Å². The van der Waals surface area contributed by atoms with Gasteiger partial charge in [0.1, 0.15) is 11.9 Å². The lowest BCUT2D eigenvalue weighted by Gasteiger charge is -2.18. The Balaban J connectivity index is 2.15. The largest absolute Gasteiger partial charge is 0.486 e. The van der Waals surface area contributed by atoms with Crippen molar-refractivity contribution in [3.05, 3.63) is 65.2 Å². The van der Waals surface area contributed by atoms with E-state index in [2.05, 4.69) is 0 Å². The summed E-state index contributed by atoms with van der Waals surface area (Å²) in [6, 6.07) is 17.4. The minimum atomic E-state index is -0.0397. The van der Waals surface area contributed by atoms with Crippen molar-refractivity contribution in [1.82, 2.24) is 0 Å². The van der Waals surface area contributed by atoms with Crippen LogP contribution in [0.4, 0.5) is 0 Å². The molecular weight excluding hydrogens is 267 g/mol. The molecule has 2 rings (SSSR count). The van der Waals surface area contributed by atoms with E-state index in [0.717, 1.165) is 22.8 Å². The molecule has 0 radical (unpaired) electrons. The lowest BCUT2D eigenvalue weighted by atomic mass is 10.1. The Morgan fingerprint density at radius 2 is 1.61 bits per heavy atom. The van der Waals surface area contributed by atoms with Crippen LogP contribution in [-0.2, 0) is 0 Å². The van der Waals surface area contributed by atoms with E-state index in [4.69, 9.17) is 27.9 Å². The van der Waals surface area contributed by atoms with Gasteiger partial charge in [-0.2, -0.15) is 0 Å². The molecular formula is C15H14Cl2O. The Labute approximate surface area is 117 Å². The first-order valence-corrected chi connectivity index (χ1v) is 6.74. The van der Waals surface area contributed by atoms with Gasteiger partial charge >= 0.3 is 0 Å². The molecule has 0 saturated heterocycles. The molecule has 0 spiro atoms. The predicted molar refractivity (Wildman–Crippen MR) is 76.6 cm³/mol. The topological polar surface area (TPSA) is 9.23 Å². The van der Waals surface area contributed by atoms with Gasteiger partial charge in [0.15, 0.2) is 0 Å². The molecule has 18 heavy (non-hydrogen) atoms. The van der Waals surface area contributed by atoms with Gasteiger partial charge in [0.2, 0.25) is 0 Å². The molecule has 1 nitrogen and oxygen atoms in total. The third kappa shape index (κ3) is 3.66. The summed E-state index contributed by atoms with van der Waals surface area (Å²) in [4.78, 5) is 0. The molecule has 0 saturated carbocycles. The minimum absolute atomic E-state index is 0.0397. The zero-order valence-corrected chi connectivity index (χ0v) is 11.4. The highest BCUT2D eigenvalue weighted by molar-refractivity contribution is 6.30. The zero-order valence-electron chi connectivity index (χ0n) is 9.85. The molecule has 0 bridgehead atoms. The number of benzene rings is 2. The maximum atomic E-state index is 5.95. The summed E-state index contributed by atoms with van der Waals surface area (Å²) >= 11 is 11.7. The number of para-hydroxylation sites is 1. The average Bonchev–Trinajstić information content (AvgIpc) is 2.40. The summed E-state index contributed by atoms with van der Waals surface area (Å²) in [6.45, 7) is 0. The third-order valence-electron chi connectivity index (χ3n) is 2.63. The van der Waals surface area contributed by atoms with E-state index in [0.29, 0.717) is 5.88 Å². The second-order valence-electron chi connectivity index (χ2n) is 3.95. The van der Waals surface area contributed by atoms with Gasteiger partial charge in [0.05, 0.1) is 0 Å². The van der Waals surface area contributed by atoms with Crippen molar-refractivity contribution in [3.8, 4) is 5.75 Å². The fraction of sp³-hybridized carbons (Fsp3) is 0.200. The highest BCUT2D eigenvalue weighted by Crippen LogP contribution is 2.26. The molecule has 0 unspecified atom stereocenters. The van der Waals surface area contributed by atoms with Crippen molar-refractivity contribution in [2.24, 2.45) is 0 Å². The molecule has 0 aliphatic carbocycles. The van der Waals surface area contributed by atoms with E-state index in [1.54, 1.807) is 0 Å². The second kappa shape index (κ2) is 6.67. The summed E-state index contributed by atoms with van der Waals surface area (Å²) in [5.41, 5.74) is 1.09. The van der Waals surface area contributed by atoms with Crippen LogP contribution in [0.2, 0.25) is 5.02 Å². The van der Waals surface area contributed by atoms with Gasteiger partial charge in [0, 0.05) is 17.3 Å². The van der Waals surface area contributed by atoms with Gasteiger partial charge < -0.3 is 4.74 Å². The van der Waals surface area contributed by atoms with Crippen LogP contribution in [-0.4, -0.2) is 5.88 Å². The van der Waals surface area contributed by atoms with Gasteiger partial charge in [-0.15, -0.1) is 11.6 Å². The van der Waals surface area contributed by atoms with Crippen LogP contribution in [0.25, 0.3) is 0 Å². The van der Waals surface area contributed by atoms with Gasteiger partial charge in [-0.1, -0.05) is 41.9 Å². The smallest absolute Gasteiger partial charge is 0.125 e. The highest BCUT2D eigenvalue weighted by atomic mass is 35.5. The Morgan fingerprint density at radius 1 is 0.944 bits per heavy atom. The van der Waals surface area contributed by atoms with Crippen LogP contribution in [0.3, 0.4) is 0 Å². The molecule has 1 atom stereocenters. The van der Waals surface area contributed by atoms with E-state index in [-0.39, 0.29) is 6.10 Å². The fourth-order valence-corrected chi connectivity index (χ4v) is 2.06. The molecule has 3 heteroatoms. The number of hydrogen-bond acceptors (Lipinski definition) is 1. The Kier molecular flexibility index (Phi) is 4.91. The third-order valence-corrected chi connectivity index (χ3v) is 3.10. The van der Waals surface area contributed by atoms with E-state index in [9.17, 15) is 0 Å². The minimum Gasteiger partial charge on any atom is -0.486 e. The standard InChI is InChI=1S/C15H14Cl2O/c16-11-10-15(12-6-8-13(17)9-7-12)18-14-4-2-1-3-5-14/h1-9,15H,10-11H2/t15-/m0/s1. The lowest BCUT2D eigenvalue weighted by molar-refractivity contribution is 0.202. The molecule has 0 aromatic heterocycles. The van der Waals surface area contributed by atoms with Crippen molar-refractivity contribution in [2.45, 2.75) is 12.5 Å². The van der Waals surface area contributed by atoms with Crippen molar-refractivity contribution in [1.29, 1.82) is 0 Å². The second-order valence-corrected chi connectivity index (χ2v) is 4.76. The number of ether oxygens (including phenoxy) is 1. The van der Waals surface area contributed by atoms with Crippen LogP contribution >= 0.6 is 23.2 Å². The highest BCUT2D eigenvalue weighted by Gasteiger charge is 2.12. The first-order valence-electron chi connectivity index (χ1n) is 5.83. The van der Waals surface area contributed by atoms with Gasteiger partial charge in [0.25, 0.3) is 0 Å². The summed E-state index contributed by atoms with van der Waals surface area (Å²) < 4.78 is 5.95. The van der Waals surface area contributed by atoms with Crippen LogP contribution in [0.5, 0.6) is 5.75 Å². The van der Waals surface area contributed by atoms with Crippen molar-refractivity contribution in [3.63, 3.8) is 0 Å². The summed E-state index contributed by atoms with van der Waals surface area (Å²) in [5, 5.41) is 0.725. The summed E-state index contributed by atoms with van der Waals surface area (Å²) in [7, 11) is 0. The Bertz CT molecular complexity index is 468. The Morgan fingerprint density at radius 3 is 2.22 bits per heavy atom. The van der Waals surface area contributed by atoms with Crippen molar-refractivity contribution < 1.29 is 4.74 Å². The molecule has 2 aromatic rings. The zero-order chi connectivity index (χ0) is 12.8. The first kappa shape index (κ1) is 13.3. The fourth-order valence-electron chi connectivity index (χ4n) is 1.73. The quantitative estimate of drug-likeness (QED) is 0.694. The number of rotatable bonds is 5. The van der Waals surface area contributed by atoms with Gasteiger partial charge in [-0.25, -0.2) is 0 Å². The molecule has 0 N–H and O–H groups in total. The van der Waals surface area contributed by atoms with E-state index in [1.165, 1.54) is 0 Å². The van der Waals surface area contributed by atoms with Crippen LogP contribution in [0.15, 0.2) is 54.6 Å². The van der Waals surface area contributed by atoms with E-state index < -0.39 is 0 Å². The monoisotopic (exact) mass is 280 g/mol. The molecule has 2 aromatic carbocycles. The van der Waals surface area contributed by atoms with Gasteiger partial charge in [-0.05, 0) is 29.8 Å². The van der Waals surface area contributed by atoms with Crippen LogP contribution < -0.4 is 4.74 Å². The Hall–Kier alpha value is -1.18.